The van der Waals surface area contributed by atoms with Gasteiger partial charge in [-0.05, 0) is 25.7 Å². The number of hydrogen-bond donors (Lipinski definition) is 6. The van der Waals surface area contributed by atoms with Crippen LogP contribution in [0.3, 0.4) is 0 Å². The minimum atomic E-state index is -1.17. The molecule has 1 atom stereocenters. The Kier molecular flexibility index (Phi) is 34.7. The number of unbranched alkanes of at least 4 members (excludes halogenated alkanes) is 14. The Hall–Kier alpha value is -3.30. The number of hydrogen-bond acceptors (Lipinski definition) is 9. The van der Waals surface area contributed by atoms with Crippen molar-refractivity contribution >= 4 is 35.6 Å². The van der Waals surface area contributed by atoms with Gasteiger partial charge in [-0.3, -0.25) is 24.0 Å². The molecule has 0 aliphatic carbocycles. The number of carbonyl (C=O) groups excluding carboxylic acids is 4. The van der Waals surface area contributed by atoms with Crippen LogP contribution in [0.1, 0.15) is 142 Å². The molecule has 15 nitrogen and oxygen atoms in total. The van der Waals surface area contributed by atoms with Crippen molar-refractivity contribution in [2.75, 3.05) is 59.3 Å². The van der Waals surface area contributed by atoms with E-state index in [1.54, 1.807) is 0 Å². The summed E-state index contributed by atoms with van der Waals surface area (Å²) in [6.45, 7) is 4.33. The lowest BCUT2D eigenvalue weighted by Crippen LogP contribution is -2.41. The maximum absolute atomic E-state index is 12.3. The van der Waals surface area contributed by atoms with Gasteiger partial charge in [-0.2, -0.15) is 0 Å². The SMILES string of the molecule is CCCCNC(=O)CCOCCNC(=O)COCCOCCNC(=O)CCC(NC(=O)CCCCCCCCCCCCCCCCC(=O)O)C(=O)O. The Morgan fingerprint density at radius 1 is 0.472 bits per heavy atom. The molecular weight excluding hydrogens is 688 g/mol. The van der Waals surface area contributed by atoms with E-state index in [1.807, 2.05) is 0 Å². The zero-order valence-electron chi connectivity index (χ0n) is 32.4. The van der Waals surface area contributed by atoms with E-state index in [9.17, 15) is 33.9 Å². The van der Waals surface area contributed by atoms with Crippen LogP contribution in [0.5, 0.6) is 0 Å². The van der Waals surface area contributed by atoms with E-state index in [0.717, 1.165) is 51.4 Å². The monoisotopic (exact) mass is 759 g/mol. The number of rotatable bonds is 39. The second-order valence-corrected chi connectivity index (χ2v) is 13.3. The fourth-order valence-corrected chi connectivity index (χ4v) is 5.29. The summed E-state index contributed by atoms with van der Waals surface area (Å²) < 4.78 is 16.0. The Labute approximate surface area is 316 Å². The molecule has 53 heavy (non-hydrogen) atoms. The van der Waals surface area contributed by atoms with E-state index in [2.05, 4.69) is 28.2 Å². The third-order valence-electron chi connectivity index (χ3n) is 8.41. The van der Waals surface area contributed by atoms with Gasteiger partial charge in [0.2, 0.25) is 23.6 Å². The predicted octanol–water partition coefficient (Wildman–Crippen LogP) is 4.25. The number of carboxylic acid groups (broad SMARTS) is 2. The molecular formula is C38H70N4O11. The highest BCUT2D eigenvalue weighted by atomic mass is 16.5. The highest BCUT2D eigenvalue weighted by Gasteiger charge is 2.20. The van der Waals surface area contributed by atoms with Crippen LogP contribution in [0.25, 0.3) is 0 Å². The highest BCUT2D eigenvalue weighted by Crippen LogP contribution is 2.14. The molecule has 0 radical (unpaired) electrons. The summed E-state index contributed by atoms with van der Waals surface area (Å²) in [5.74, 6) is -2.90. The lowest BCUT2D eigenvalue weighted by atomic mass is 10.0. The molecule has 0 aromatic heterocycles. The molecule has 0 bridgehead atoms. The summed E-state index contributed by atoms with van der Waals surface area (Å²) in [7, 11) is 0. The van der Waals surface area contributed by atoms with Crippen LogP contribution in [0.15, 0.2) is 0 Å². The van der Waals surface area contributed by atoms with E-state index in [-0.39, 0.29) is 95.3 Å². The Balaban J connectivity index is 3.67. The molecule has 0 saturated heterocycles. The normalized spacial score (nSPS) is 11.5. The molecule has 0 spiro atoms. The lowest BCUT2D eigenvalue weighted by Gasteiger charge is -2.14. The maximum Gasteiger partial charge on any atom is 0.326 e. The summed E-state index contributed by atoms with van der Waals surface area (Å²) in [6, 6.07) is -1.13. The molecule has 1 unspecified atom stereocenters. The van der Waals surface area contributed by atoms with Gasteiger partial charge in [0.05, 0.1) is 33.0 Å². The Morgan fingerprint density at radius 2 is 0.943 bits per heavy atom. The van der Waals surface area contributed by atoms with Gasteiger partial charge in [0.15, 0.2) is 0 Å². The Bertz CT molecular complexity index is 984. The fourth-order valence-electron chi connectivity index (χ4n) is 5.29. The van der Waals surface area contributed by atoms with Crippen molar-refractivity contribution in [3.05, 3.63) is 0 Å². The summed E-state index contributed by atoms with van der Waals surface area (Å²) in [5.41, 5.74) is 0. The van der Waals surface area contributed by atoms with E-state index >= 15 is 0 Å². The molecule has 0 aliphatic rings. The van der Waals surface area contributed by atoms with Crippen molar-refractivity contribution < 1.29 is 53.2 Å². The van der Waals surface area contributed by atoms with Gasteiger partial charge in [-0.1, -0.05) is 90.4 Å². The third kappa shape index (κ3) is 36.8. The van der Waals surface area contributed by atoms with E-state index in [1.165, 1.54) is 44.9 Å². The van der Waals surface area contributed by atoms with Crippen LogP contribution >= 0.6 is 0 Å². The fraction of sp³-hybridized carbons (Fsp3) is 0.842. The van der Waals surface area contributed by atoms with E-state index in [4.69, 9.17) is 19.3 Å². The maximum atomic E-state index is 12.3. The minimum Gasteiger partial charge on any atom is -0.481 e. The van der Waals surface area contributed by atoms with Gasteiger partial charge < -0.3 is 45.7 Å². The standard InChI is InChI=1S/C38H70N4O11/c1-2-3-23-39-34(44)22-26-51-27-25-41-36(46)31-53-30-29-52-28-24-40-33(43)21-20-32(38(49)50)42-35(45)18-16-14-12-10-8-6-4-5-7-9-11-13-15-17-19-37(47)48/h32H,2-31H2,1H3,(H,39,44)(H,40,43)(H,41,46)(H,42,45)(H,47,48)(H,49,50). The lowest BCUT2D eigenvalue weighted by molar-refractivity contribution is -0.142. The predicted molar refractivity (Wildman–Crippen MR) is 201 cm³/mol. The first-order chi connectivity index (χ1) is 25.6. The minimum absolute atomic E-state index is 0.0150. The molecule has 4 amide bonds. The van der Waals surface area contributed by atoms with Crippen molar-refractivity contribution in [1.29, 1.82) is 0 Å². The van der Waals surface area contributed by atoms with Crippen LogP contribution in [0.4, 0.5) is 0 Å². The van der Waals surface area contributed by atoms with Crippen molar-refractivity contribution in [1.82, 2.24) is 21.3 Å². The molecule has 0 fully saturated rings. The van der Waals surface area contributed by atoms with Crippen molar-refractivity contribution in [2.45, 2.75) is 148 Å². The topological polar surface area (TPSA) is 219 Å². The number of ether oxygens (including phenoxy) is 3. The summed E-state index contributed by atoms with van der Waals surface area (Å²) in [4.78, 5) is 69.9. The van der Waals surface area contributed by atoms with Gasteiger partial charge in [0.1, 0.15) is 12.6 Å². The van der Waals surface area contributed by atoms with Gasteiger partial charge in [-0.15, -0.1) is 0 Å². The average Bonchev–Trinajstić information content (AvgIpc) is 3.12. The third-order valence-corrected chi connectivity index (χ3v) is 8.41. The molecule has 15 heteroatoms. The smallest absolute Gasteiger partial charge is 0.326 e. The molecule has 0 aromatic carbocycles. The van der Waals surface area contributed by atoms with E-state index < -0.39 is 18.0 Å². The van der Waals surface area contributed by atoms with Crippen LogP contribution < -0.4 is 21.3 Å². The van der Waals surface area contributed by atoms with E-state index in [0.29, 0.717) is 26.1 Å². The van der Waals surface area contributed by atoms with Crippen LogP contribution in [-0.4, -0.2) is 111 Å². The van der Waals surface area contributed by atoms with Gasteiger partial charge in [-0.25, -0.2) is 4.79 Å². The van der Waals surface area contributed by atoms with Gasteiger partial charge in [0, 0.05) is 45.3 Å². The first-order valence-electron chi connectivity index (χ1n) is 19.9. The van der Waals surface area contributed by atoms with Gasteiger partial charge in [0.25, 0.3) is 0 Å². The molecule has 6 N–H and O–H groups in total. The number of aliphatic carboxylic acids is 2. The number of nitrogens with one attached hydrogen (secondary N) is 4. The molecule has 0 saturated carbocycles. The van der Waals surface area contributed by atoms with Gasteiger partial charge >= 0.3 is 11.9 Å². The molecule has 0 rings (SSSR count). The second kappa shape index (κ2) is 37.0. The number of carbonyl (C=O) groups is 6. The Morgan fingerprint density at radius 3 is 1.49 bits per heavy atom. The largest absolute Gasteiger partial charge is 0.481 e. The zero-order chi connectivity index (χ0) is 39.2. The van der Waals surface area contributed by atoms with Crippen LogP contribution in [-0.2, 0) is 43.0 Å². The van der Waals surface area contributed by atoms with Crippen molar-refractivity contribution in [3.63, 3.8) is 0 Å². The quantitative estimate of drug-likeness (QED) is 0.0487. The zero-order valence-corrected chi connectivity index (χ0v) is 32.4. The first-order valence-corrected chi connectivity index (χ1v) is 19.9. The average molecular weight is 759 g/mol. The molecule has 308 valence electrons. The second-order valence-electron chi connectivity index (χ2n) is 13.3. The molecule has 0 heterocycles. The first kappa shape index (κ1) is 49.7. The van der Waals surface area contributed by atoms with Crippen molar-refractivity contribution in [2.24, 2.45) is 0 Å². The molecule has 0 aromatic rings. The highest BCUT2D eigenvalue weighted by molar-refractivity contribution is 5.84. The summed E-state index contributed by atoms with van der Waals surface area (Å²) >= 11 is 0. The number of amides is 4. The van der Waals surface area contributed by atoms with Crippen molar-refractivity contribution in [3.8, 4) is 0 Å². The van der Waals surface area contributed by atoms with Crippen LogP contribution in [0.2, 0.25) is 0 Å². The summed E-state index contributed by atoms with van der Waals surface area (Å²) in [5, 5.41) is 28.8. The number of carboxylic acids is 2. The summed E-state index contributed by atoms with van der Waals surface area (Å²) in [6.07, 6.45) is 17.8. The molecule has 0 aliphatic heterocycles. The van der Waals surface area contributed by atoms with Crippen LogP contribution in [0, 0.1) is 0 Å².